The van der Waals surface area contributed by atoms with Gasteiger partial charge in [0.25, 0.3) is 5.69 Å². The normalized spacial score (nSPS) is 10.2. The molecule has 7 nitrogen and oxygen atoms in total. The van der Waals surface area contributed by atoms with Crippen molar-refractivity contribution in [1.82, 2.24) is 0 Å². The molecule has 22 heavy (non-hydrogen) atoms. The summed E-state index contributed by atoms with van der Waals surface area (Å²) in [4.78, 5) is 31.9. The van der Waals surface area contributed by atoms with Crippen molar-refractivity contribution in [2.75, 3.05) is 0 Å². The predicted molar refractivity (Wildman–Crippen MR) is 72.4 cm³/mol. The van der Waals surface area contributed by atoms with Gasteiger partial charge in [-0.2, -0.15) is 0 Å². The van der Waals surface area contributed by atoms with Gasteiger partial charge in [0.1, 0.15) is 11.4 Å². The second-order valence-corrected chi connectivity index (χ2v) is 4.29. The maximum absolute atomic E-state index is 13.8. The number of hydrogen-bond acceptors (Lipinski definition) is 4. The van der Waals surface area contributed by atoms with E-state index in [0.717, 1.165) is 30.3 Å². The summed E-state index contributed by atoms with van der Waals surface area (Å²) in [6.07, 6.45) is 0. The molecule has 0 aromatic heterocycles. The number of nitro groups is 1. The lowest BCUT2D eigenvalue weighted by atomic mass is 10.00. The topological polar surface area (TPSA) is 118 Å². The summed E-state index contributed by atoms with van der Waals surface area (Å²) in [5.74, 6) is -3.54. The van der Waals surface area contributed by atoms with Gasteiger partial charge in [-0.05, 0) is 29.8 Å². The molecule has 2 aromatic carbocycles. The van der Waals surface area contributed by atoms with E-state index in [9.17, 15) is 24.1 Å². The molecule has 0 radical (unpaired) electrons. The lowest BCUT2D eigenvalue weighted by molar-refractivity contribution is -0.385. The van der Waals surface area contributed by atoms with E-state index in [1.54, 1.807) is 0 Å². The van der Waals surface area contributed by atoms with Crippen molar-refractivity contribution in [1.29, 1.82) is 0 Å². The van der Waals surface area contributed by atoms with Crippen molar-refractivity contribution in [3.63, 3.8) is 0 Å². The zero-order chi connectivity index (χ0) is 16.4. The molecule has 0 bridgehead atoms. The summed E-state index contributed by atoms with van der Waals surface area (Å²) in [7, 11) is 0. The van der Waals surface area contributed by atoms with Crippen LogP contribution in [0.1, 0.15) is 20.7 Å². The molecule has 0 heterocycles. The maximum atomic E-state index is 13.8. The number of nitrogens with zero attached hydrogens (tertiary/aromatic N) is 1. The van der Waals surface area contributed by atoms with Gasteiger partial charge in [0.05, 0.1) is 10.5 Å². The predicted octanol–water partition coefficient (Wildman–Crippen LogP) is 2.80. The van der Waals surface area contributed by atoms with E-state index >= 15 is 0 Å². The summed E-state index contributed by atoms with van der Waals surface area (Å²) in [5, 5.41) is 28.7. The molecule has 2 N–H and O–H groups in total. The van der Waals surface area contributed by atoms with Gasteiger partial charge in [-0.15, -0.1) is 0 Å². The molecule has 2 aromatic rings. The molecule has 0 fully saturated rings. The average Bonchev–Trinajstić information content (AvgIpc) is 2.46. The Morgan fingerprint density at radius 3 is 2.27 bits per heavy atom. The maximum Gasteiger partial charge on any atom is 0.342 e. The fraction of sp³-hybridized carbons (Fsp3) is 0. The number of nitro benzene ring substituents is 1. The SMILES string of the molecule is O=C(O)c1ccc(F)c(-c2ccc(C(=O)O)c([N+](=O)[O-])c2)c1. The van der Waals surface area contributed by atoms with Gasteiger partial charge >= 0.3 is 11.9 Å². The third-order valence-electron chi connectivity index (χ3n) is 2.95. The molecule has 0 saturated carbocycles. The number of hydrogen-bond donors (Lipinski definition) is 2. The first-order valence-electron chi connectivity index (χ1n) is 5.86. The van der Waals surface area contributed by atoms with E-state index in [1.807, 2.05) is 0 Å². The van der Waals surface area contributed by atoms with Crippen LogP contribution >= 0.6 is 0 Å². The Hall–Kier alpha value is -3.29. The quantitative estimate of drug-likeness (QED) is 0.662. The van der Waals surface area contributed by atoms with Crippen molar-refractivity contribution in [2.24, 2.45) is 0 Å². The zero-order valence-corrected chi connectivity index (χ0v) is 10.8. The second-order valence-electron chi connectivity index (χ2n) is 4.29. The first kappa shape index (κ1) is 15.1. The van der Waals surface area contributed by atoms with Crippen LogP contribution in [0.3, 0.4) is 0 Å². The Balaban J connectivity index is 2.66. The van der Waals surface area contributed by atoms with Crippen molar-refractivity contribution in [3.8, 4) is 11.1 Å². The number of carbonyl (C=O) groups is 2. The van der Waals surface area contributed by atoms with Crippen molar-refractivity contribution >= 4 is 17.6 Å². The molecule has 0 atom stereocenters. The Morgan fingerprint density at radius 2 is 1.73 bits per heavy atom. The summed E-state index contributed by atoms with van der Waals surface area (Å²) in [5.41, 5.74) is -1.59. The third-order valence-corrected chi connectivity index (χ3v) is 2.95. The Labute approximate surface area is 122 Å². The van der Waals surface area contributed by atoms with Gasteiger partial charge in [-0.3, -0.25) is 10.1 Å². The van der Waals surface area contributed by atoms with Crippen LogP contribution in [0.15, 0.2) is 36.4 Å². The van der Waals surface area contributed by atoms with Crippen LogP contribution in [-0.2, 0) is 0 Å². The Bertz CT molecular complexity index is 802. The van der Waals surface area contributed by atoms with Crippen LogP contribution < -0.4 is 0 Å². The highest BCUT2D eigenvalue weighted by molar-refractivity contribution is 5.94. The minimum Gasteiger partial charge on any atom is -0.478 e. The van der Waals surface area contributed by atoms with E-state index < -0.39 is 33.9 Å². The summed E-state index contributed by atoms with van der Waals surface area (Å²) < 4.78 is 13.8. The molecular weight excluding hydrogens is 297 g/mol. The van der Waals surface area contributed by atoms with Crippen LogP contribution in [0.5, 0.6) is 0 Å². The van der Waals surface area contributed by atoms with Crippen molar-refractivity contribution < 1.29 is 29.1 Å². The molecule has 0 amide bonds. The summed E-state index contributed by atoms with van der Waals surface area (Å²) in [6.45, 7) is 0. The van der Waals surface area contributed by atoms with Gasteiger partial charge in [-0.1, -0.05) is 6.07 Å². The van der Waals surface area contributed by atoms with E-state index in [-0.39, 0.29) is 16.7 Å². The Kier molecular flexibility index (Phi) is 3.85. The van der Waals surface area contributed by atoms with Crippen LogP contribution in [0.4, 0.5) is 10.1 Å². The van der Waals surface area contributed by atoms with Gasteiger partial charge in [0.15, 0.2) is 0 Å². The average molecular weight is 305 g/mol. The lowest BCUT2D eigenvalue weighted by Gasteiger charge is -2.06. The van der Waals surface area contributed by atoms with Crippen LogP contribution in [-0.4, -0.2) is 27.1 Å². The van der Waals surface area contributed by atoms with Crippen molar-refractivity contribution in [3.05, 3.63) is 63.5 Å². The number of carboxylic acids is 2. The van der Waals surface area contributed by atoms with E-state index in [0.29, 0.717) is 0 Å². The molecule has 0 spiro atoms. The fourth-order valence-electron chi connectivity index (χ4n) is 1.91. The largest absolute Gasteiger partial charge is 0.478 e. The molecule has 0 saturated heterocycles. The van der Waals surface area contributed by atoms with Crippen molar-refractivity contribution in [2.45, 2.75) is 0 Å². The summed E-state index contributed by atoms with van der Waals surface area (Å²) in [6, 6.07) is 6.06. The van der Waals surface area contributed by atoms with Crippen LogP contribution in [0.25, 0.3) is 11.1 Å². The van der Waals surface area contributed by atoms with Gasteiger partial charge < -0.3 is 10.2 Å². The van der Waals surface area contributed by atoms with Gasteiger partial charge in [0, 0.05) is 11.6 Å². The molecule has 112 valence electrons. The molecule has 0 unspecified atom stereocenters. The van der Waals surface area contributed by atoms with Crippen LogP contribution in [0, 0.1) is 15.9 Å². The van der Waals surface area contributed by atoms with Gasteiger partial charge in [0.2, 0.25) is 0 Å². The minimum atomic E-state index is -1.49. The molecule has 0 aliphatic rings. The zero-order valence-electron chi connectivity index (χ0n) is 10.8. The molecule has 2 rings (SSSR count). The first-order chi connectivity index (χ1) is 10.3. The minimum absolute atomic E-state index is 0.0114. The number of aromatic carboxylic acids is 2. The highest BCUT2D eigenvalue weighted by Gasteiger charge is 2.21. The monoisotopic (exact) mass is 305 g/mol. The second kappa shape index (κ2) is 5.60. The highest BCUT2D eigenvalue weighted by Crippen LogP contribution is 2.29. The van der Waals surface area contributed by atoms with E-state index in [2.05, 4.69) is 0 Å². The van der Waals surface area contributed by atoms with E-state index in [4.69, 9.17) is 10.2 Å². The number of rotatable bonds is 4. The van der Waals surface area contributed by atoms with E-state index in [1.165, 1.54) is 6.07 Å². The number of benzene rings is 2. The number of halogens is 1. The smallest absolute Gasteiger partial charge is 0.342 e. The summed E-state index contributed by atoms with van der Waals surface area (Å²) >= 11 is 0. The Morgan fingerprint density at radius 1 is 1.05 bits per heavy atom. The first-order valence-corrected chi connectivity index (χ1v) is 5.86. The fourth-order valence-corrected chi connectivity index (χ4v) is 1.91. The molecule has 0 aliphatic carbocycles. The molecule has 0 aliphatic heterocycles. The molecular formula is C14H8FNO6. The third kappa shape index (κ3) is 2.75. The molecule has 8 heteroatoms. The van der Waals surface area contributed by atoms with Gasteiger partial charge in [-0.25, -0.2) is 14.0 Å². The number of carboxylic acid groups (broad SMARTS) is 2. The lowest BCUT2D eigenvalue weighted by Crippen LogP contribution is -2.03. The highest BCUT2D eigenvalue weighted by atomic mass is 19.1. The van der Waals surface area contributed by atoms with Crippen LogP contribution in [0.2, 0.25) is 0 Å². The standard InChI is InChI=1S/C14H8FNO6/c15-11-4-2-8(13(17)18)5-10(11)7-1-3-9(14(19)20)12(6-7)16(21)22/h1-6H,(H,17,18)(H,19,20).